The van der Waals surface area contributed by atoms with Crippen molar-refractivity contribution in [3.8, 4) is 16.2 Å². The summed E-state index contributed by atoms with van der Waals surface area (Å²) < 4.78 is 40.5. The van der Waals surface area contributed by atoms with E-state index in [2.05, 4.69) is 21.3 Å². The third kappa shape index (κ3) is 11.0. The Bertz CT molecular complexity index is 2740. The lowest BCUT2D eigenvalue weighted by atomic mass is 9.89. The number of nitrogens with zero attached hydrogens (tertiary/aromatic N) is 3. The number of carbonyl (C=O) groups excluding carboxylic acids is 5. The topological polar surface area (TPSA) is 233 Å². The van der Waals surface area contributed by atoms with Crippen LogP contribution in [0.3, 0.4) is 0 Å². The maximum atomic E-state index is 14.0. The van der Waals surface area contributed by atoms with Gasteiger partial charge in [-0.2, -0.15) is 4.31 Å². The second-order valence-electron chi connectivity index (χ2n) is 17.9. The standard InChI is InChI=1S/C47H52ClN7O11S2/c1-47(2)22-32(50-31-9-4-7-29(21-31)43-42(48)38(26-67-43)65-25-41(58)59)14-19-55(47)68(63,64)27-28-6-3-8-30(20-28)51-46(62)66-33-15-17-53(18-16-33)40(57)23-49-36-11-5-10-34-35(36)24-54(45(34)61)37-12-13-39(56)52-44(37)60/h3-11,20-21,26,32-33,37,49-50H,12-19,22-25,27H2,1-2H3,(H,51,62)(H,58,59)(H,52,56,60)/t32-,37?/m0/s1. The number of nitrogens with one attached hydrogen (secondary N) is 4. The summed E-state index contributed by atoms with van der Waals surface area (Å²) in [5.41, 5.74) is 3.56. The molecular formula is C47H52ClN7O11S2. The molecule has 5 heterocycles. The highest BCUT2D eigenvalue weighted by molar-refractivity contribution is 7.88. The Kier molecular flexibility index (Phi) is 14.3. The number of thiophene rings is 1. The zero-order valence-electron chi connectivity index (χ0n) is 37.4. The van der Waals surface area contributed by atoms with E-state index in [-0.39, 0.29) is 55.4 Å². The van der Waals surface area contributed by atoms with Gasteiger partial charge < -0.3 is 35.0 Å². The van der Waals surface area contributed by atoms with Crippen LogP contribution in [-0.4, -0.2) is 120 Å². The Morgan fingerprint density at radius 2 is 1.71 bits per heavy atom. The molecule has 8 rings (SSSR count). The van der Waals surface area contributed by atoms with E-state index in [1.165, 1.54) is 16.2 Å². The lowest BCUT2D eigenvalue weighted by Crippen LogP contribution is -2.55. The first-order valence-corrected chi connectivity index (χ1v) is 25.1. The van der Waals surface area contributed by atoms with Crippen molar-refractivity contribution in [2.45, 2.75) is 88.4 Å². The third-order valence-electron chi connectivity index (χ3n) is 12.6. The number of carboxylic acids is 1. The number of carbonyl (C=O) groups is 6. The third-order valence-corrected chi connectivity index (χ3v) is 16.1. The van der Waals surface area contributed by atoms with E-state index in [0.717, 1.165) is 16.1 Å². The molecule has 2 atom stereocenters. The number of ether oxygens (including phenoxy) is 2. The van der Waals surface area contributed by atoms with E-state index in [1.807, 2.05) is 38.1 Å². The maximum absolute atomic E-state index is 14.0. The number of carboxylic acid groups (broad SMARTS) is 1. The van der Waals surface area contributed by atoms with E-state index in [9.17, 15) is 37.2 Å². The molecule has 4 aliphatic heterocycles. The number of benzene rings is 3. The molecule has 4 aliphatic rings. The van der Waals surface area contributed by atoms with E-state index in [1.54, 1.807) is 57.0 Å². The van der Waals surface area contributed by atoms with E-state index < -0.39 is 52.3 Å². The number of sulfonamides is 1. The molecule has 3 fully saturated rings. The van der Waals surface area contributed by atoms with Crippen molar-refractivity contribution < 1.29 is 51.8 Å². The molecule has 3 aromatic carbocycles. The number of aliphatic carboxylic acids is 1. The van der Waals surface area contributed by atoms with Gasteiger partial charge in [0.25, 0.3) is 5.91 Å². The number of hydrogen-bond acceptors (Lipinski definition) is 13. The number of amides is 5. The number of fused-ring (bicyclic) bond motifs is 1. The molecule has 0 radical (unpaired) electrons. The average molecular weight is 991 g/mol. The molecule has 21 heteroatoms. The highest BCUT2D eigenvalue weighted by Gasteiger charge is 2.42. The van der Waals surface area contributed by atoms with Gasteiger partial charge in [0.15, 0.2) is 6.61 Å². The fraction of sp³-hybridized carbons (Fsp3) is 0.404. The van der Waals surface area contributed by atoms with Crippen LogP contribution in [0.5, 0.6) is 5.75 Å². The summed E-state index contributed by atoms with van der Waals surface area (Å²) in [7, 11) is -3.79. The summed E-state index contributed by atoms with van der Waals surface area (Å²) >= 11 is 7.88. The van der Waals surface area contributed by atoms with Gasteiger partial charge in [-0.05, 0) is 80.6 Å². The van der Waals surface area contributed by atoms with Crippen LogP contribution in [0.25, 0.3) is 10.4 Å². The van der Waals surface area contributed by atoms with Crippen molar-refractivity contribution in [3.05, 3.63) is 93.8 Å². The quantitative estimate of drug-likeness (QED) is 0.0845. The Labute approximate surface area is 402 Å². The minimum Gasteiger partial charge on any atom is -0.479 e. The largest absolute Gasteiger partial charge is 0.479 e. The molecule has 68 heavy (non-hydrogen) atoms. The average Bonchev–Trinajstić information content (AvgIpc) is 3.83. The van der Waals surface area contributed by atoms with Crippen molar-refractivity contribution >= 4 is 85.7 Å². The number of likely N-dealkylation sites (tertiary alicyclic amines) is 1. The summed E-state index contributed by atoms with van der Waals surface area (Å²) in [4.78, 5) is 78.4. The predicted molar refractivity (Wildman–Crippen MR) is 255 cm³/mol. The first-order chi connectivity index (χ1) is 32.4. The molecule has 4 aromatic rings. The Hall–Kier alpha value is -6.22. The summed E-state index contributed by atoms with van der Waals surface area (Å²) in [6.45, 7) is 4.47. The minimum atomic E-state index is -3.79. The predicted octanol–water partition coefficient (Wildman–Crippen LogP) is 6.13. The van der Waals surface area contributed by atoms with Gasteiger partial charge >= 0.3 is 12.1 Å². The summed E-state index contributed by atoms with van der Waals surface area (Å²) in [5.74, 6) is -2.39. The number of imide groups is 1. The zero-order chi connectivity index (χ0) is 48.3. The van der Waals surface area contributed by atoms with Gasteiger partial charge in [0.05, 0.1) is 17.2 Å². The number of piperidine rings is 3. The van der Waals surface area contributed by atoms with Crippen LogP contribution in [0.2, 0.25) is 5.02 Å². The van der Waals surface area contributed by atoms with Gasteiger partial charge in [0, 0.05) is 90.6 Å². The molecule has 0 spiro atoms. The van der Waals surface area contributed by atoms with Gasteiger partial charge in [0.1, 0.15) is 22.9 Å². The highest BCUT2D eigenvalue weighted by Crippen LogP contribution is 2.42. The van der Waals surface area contributed by atoms with Crippen molar-refractivity contribution in [2.75, 3.05) is 48.7 Å². The monoisotopic (exact) mass is 989 g/mol. The van der Waals surface area contributed by atoms with Crippen LogP contribution in [0.1, 0.15) is 73.9 Å². The molecule has 3 saturated heterocycles. The number of rotatable bonds is 15. The smallest absolute Gasteiger partial charge is 0.411 e. The van der Waals surface area contributed by atoms with Gasteiger partial charge in [-0.1, -0.05) is 41.9 Å². The van der Waals surface area contributed by atoms with Crippen LogP contribution >= 0.6 is 22.9 Å². The van der Waals surface area contributed by atoms with Crippen LogP contribution in [-0.2, 0) is 46.2 Å². The van der Waals surface area contributed by atoms with E-state index in [0.29, 0.717) is 84.2 Å². The van der Waals surface area contributed by atoms with Crippen molar-refractivity contribution in [3.63, 3.8) is 0 Å². The summed E-state index contributed by atoms with van der Waals surface area (Å²) in [6.07, 6.45) is 1.20. The number of halogens is 1. The van der Waals surface area contributed by atoms with Gasteiger partial charge in [-0.25, -0.2) is 18.0 Å². The van der Waals surface area contributed by atoms with E-state index in [4.69, 9.17) is 26.2 Å². The van der Waals surface area contributed by atoms with Crippen LogP contribution < -0.4 is 26.0 Å². The van der Waals surface area contributed by atoms with Gasteiger partial charge in [0.2, 0.25) is 27.7 Å². The molecule has 0 bridgehead atoms. The minimum absolute atomic E-state index is 0.0268. The molecule has 5 N–H and O–H groups in total. The molecule has 1 unspecified atom stereocenters. The molecule has 5 amide bonds. The lowest BCUT2D eigenvalue weighted by Gasteiger charge is -2.45. The first-order valence-electron chi connectivity index (χ1n) is 22.3. The summed E-state index contributed by atoms with van der Waals surface area (Å²) in [6, 6.07) is 18.7. The maximum Gasteiger partial charge on any atom is 0.411 e. The van der Waals surface area contributed by atoms with Crippen molar-refractivity contribution in [1.82, 2.24) is 19.4 Å². The second kappa shape index (κ2) is 20.2. The molecule has 1 aromatic heterocycles. The Balaban J connectivity index is 0.782. The number of anilines is 3. The fourth-order valence-corrected chi connectivity index (χ4v) is 12.6. The normalized spacial score (nSPS) is 19.8. The van der Waals surface area contributed by atoms with Crippen LogP contribution in [0.4, 0.5) is 21.9 Å². The second-order valence-corrected chi connectivity index (χ2v) is 21.0. The molecule has 360 valence electrons. The van der Waals surface area contributed by atoms with Crippen molar-refractivity contribution in [2.24, 2.45) is 0 Å². The SMILES string of the molecule is CC1(C)C[C@@H](Nc2cccc(-c3scc(OCC(=O)O)c3Cl)c2)CCN1S(=O)(=O)Cc1cccc(NC(=O)OC2CCN(C(=O)CNc3cccc4c3CN(C3CCC(=O)NC3=O)C4=O)CC2)c1. The molecular weight excluding hydrogens is 938 g/mol. The highest BCUT2D eigenvalue weighted by atomic mass is 35.5. The molecule has 0 aliphatic carbocycles. The van der Waals surface area contributed by atoms with Gasteiger partial charge in [-0.15, -0.1) is 11.3 Å². The van der Waals surface area contributed by atoms with Crippen molar-refractivity contribution in [1.29, 1.82) is 0 Å². The van der Waals surface area contributed by atoms with E-state index >= 15 is 0 Å². The summed E-state index contributed by atoms with van der Waals surface area (Å²) in [5, 5.41) is 22.7. The zero-order valence-corrected chi connectivity index (χ0v) is 39.8. The number of hydrogen-bond donors (Lipinski definition) is 5. The van der Waals surface area contributed by atoms with Crippen LogP contribution in [0.15, 0.2) is 72.1 Å². The van der Waals surface area contributed by atoms with Gasteiger partial charge in [-0.3, -0.25) is 29.8 Å². The Morgan fingerprint density at radius 1 is 0.956 bits per heavy atom. The van der Waals surface area contributed by atoms with Crippen LogP contribution in [0, 0.1) is 0 Å². The Morgan fingerprint density at radius 3 is 2.46 bits per heavy atom. The molecule has 0 saturated carbocycles. The lowest BCUT2D eigenvalue weighted by molar-refractivity contribution is -0.139. The molecule has 18 nitrogen and oxygen atoms in total. The fourth-order valence-electron chi connectivity index (χ4n) is 9.35. The first kappa shape index (κ1) is 48.2.